The molecule has 0 aromatic heterocycles. The van der Waals surface area contributed by atoms with E-state index in [0.717, 1.165) is 10.9 Å². The number of nitrogens with zero attached hydrogens (tertiary/aromatic N) is 1. The predicted molar refractivity (Wildman–Crippen MR) is 103 cm³/mol. The summed E-state index contributed by atoms with van der Waals surface area (Å²) in [5.41, 5.74) is 1.68. The highest BCUT2D eigenvalue weighted by Gasteiger charge is 2.07. The van der Waals surface area contributed by atoms with Crippen LogP contribution in [0.3, 0.4) is 0 Å². The minimum absolute atomic E-state index is 0.00690. The number of amides is 1. The fraction of sp³-hybridized carbons (Fsp3) is 0.300. The number of carbonyl (C=O) groups excluding carboxylic acids is 1. The smallest absolute Gasteiger partial charge is 0.220 e. The van der Waals surface area contributed by atoms with Gasteiger partial charge in [-0.2, -0.15) is 5.26 Å². The van der Waals surface area contributed by atoms with Crippen LogP contribution in [0.1, 0.15) is 24.0 Å². The Balaban J connectivity index is 1.67. The third-order valence-electron chi connectivity index (χ3n) is 3.77. The first-order valence-electron chi connectivity index (χ1n) is 8.35. The SMILES string of the molecule is COc1cc(C#N)ccc1OCCCC(=O)NCCc1ccccc1Br. The number of rotatable bonds is 9. The van der Waals surface area contributed by atoms with Gasteiger partial charge >= 0.3 is 0 Å². The van der Waals surface area contributed by atoms with Crippen molar-refractivity contribution in [2.75, 3.05) is 20.3 Å². The van der Waals surface area contributed by atoms with E-state index in [1.807, 2.05) is 24.3 Å². The highest BCUT2D eigenvalue weighted by atomic mass is 79.9. The van der Waals surface area contributed by atoms with Crippen LogP contribution in [0.4, 0.5) is 0 Å². The van der Waals surface area contributed by atoms with Crippen molar-refractivity contribution < 1.29 is 14.3 Å². The van der Waals surface area contributed by atoms with Crippen LogP contribution in [-0.2, 0) is 11.2 Å². The standard InChI is InChI=1S/C20H21BrN2O3/c1-25-19-13-15(14-22)8-9-18(19)26-12-4-7-20(24)23-11-10-16-5-2-3-6-17(16)21/h2-3,5-6,8-9,13H,4,7,10-12H2,1H3,(H,23,24). The van der Waals surface area contributed by atoms with Crippen LogP contribution in [0.5, 0.6) is 11.5 Å². The molecule has 1 amide bonds. The van der Waals surface area contributed by atoms with Gasteiger partial charge in [0.2, 0.25) is 5.91 Å². The number of methoxy groups -OCH3 is 1. The number of nitriles is 1. The third kappa shape index (κ3) is 6.08. The largest absolute Gasteiger partial charge is 0.493 e. The fourth-order valence-corrected chi connectivity index (χ4v) is 2.88. The van der Waals surface area contributed by atoms with E-state index < -0.39 is 0 Å². The molecule has 0 spiro atoms. The quantitative estimate of drug-likeness (QED) is 0.630. The van der Waals surface area contributed by atoms with Crippen LogP contribution in [-0.4, -0.2) is 26.2 Å². The normalized spacial score (nSPS) is 10.0. The van der Waals surface area contributed by atoms with Gasteiger partial charge in [-0.3, -0.25) is 4.79 Å². The lowest BCUT2D eigenvalue weighted by molar-refractivity contribution is -0.121. The van der Waals surface area contributed by atoms with E-state index in [1.165, 1.54) is 12.7 Å². The lowest BCUT2D eigenvalue weighted by Gasteiger charge is -2.11. The van der Waals surface area contributed by atoms with E-state index in [1.54, 1.807) is 18.2 Å². The van der Waals surface area contributed by atoms with Gasteiger partial charge in [0, 0.05) is 23.5 Å². The summed E-state index contributed by atoms with van der Waals surface area (Å²) < 4.78 is 11.9. The molecule has 0 radical (unpaired) electrons. The molecule has 2 rings (SSSR count). The summed E-state index contributed by atoms with van der Waals surface area (Å²) in [5, 5.41) is 11.8. The molecule has 0 bridgehead atoms. The minimum atomic E-state index is 0.00690. The van der Waals surface area contributed by atoms with Gasteiger partial charge in [0.15, 0.2) is 11.5 Å². The zero-order chi connectivity index (χ0) is 18.8. The van der Waals surface area contributed by atoms with E-state index in [0.29, 0.717) is 43.1 Å². The maximum absolute atomic E-state index is 11.9. The average molecular weight is 417 g/mol. The summed E-state index contributed by atoms with van der Waals surface area (Å²) >= 11 is 3.50. The number of carbonyl (C=O) groups is 1. The average Bonchev–Trinajstić information content (AvgIpc) is 2.66. The molecular weight excluding hydrogens is 396 g/mol. The summed E-state index contributed by atoms with van der Waals surface area (Å²) in [7, 11) is 1.53. The highest BCUT2D eigenvalue weighted by molar-refractivity contribution is 9.10. The minimum Gasteiger partial charge on any atom is -0.493 e. The van der Waals surface area contributed by atoms with Crippen molar-refractivity contribution in [3.63, 3.8) is 0 Å². The monoisotopic (exact) mass is 416 g/mol. The molecule has 0 atom stereocenters. The summed E-state index contributed by atoms with van der Waals surface area (Å²) in [6, 6.07) is 15.0. The molecule has 136 valence electrons. The van der Waals surface area contributed by atoms with Crippen molar-refractivity contribution in [2.24, 2.45) is 0 Å². The van der Waals surface area contributed by atoms with E-state index >= 15 is 0 Å². The summed E-state index contributed by atoms with van der Waals surface area (Å²) in [6.45, 7) is 1.01. The Morgan fingerprint density at radius 3 is 2.77 bits per heavy atom. The number of halogens is 1. The van der Waals surface area contributed by atoms with Gasteiger partial charge in [-0.25, -0.2) is 0 Å². The second-order valence-electron chi connectivity index (χ2n) is 5.62. The lowest BCUT2D eigenvalue weighted by Crippen LogP contribution is -2.25. The van der Waals surface area contributed by atoms with E-state index in [-0.39, 0.29) is 5.91 Å². The van der Waals surface area contributed by atoms with Crippen molar-refractivity contribution >= 4 is 21.8 Å². The van der Waals surface area contributed by atoms with Crippen molar-refractivity contribution in [3.05, 3.63) is 58.1 Å². The molecule has 6 heteroatoms. The molecule has 0 aliphatic heterocycles. The van der Waals surface area contributed by atoms with Gasteiger partial charge < -0.3 is 14.8 Å². The van der Waals surface area contributed by atoms with Gasteiger partial charge in [0.1, 0.15) is 0 Å². The summed E-state index contributed by atoms with van der Waals surface area (Å²) in [4.78, 5) is 11.9. The first-order chi connectivity index (χ1) is 12.6. The van der Waals surface area contributed by atoms with Crippen LogP contribution < -0.4 is 14.8 Å². The number of benzene rings is 2. The molecule has 5 nitrogen and oxygen atoms in total. The van der Waals surface area contributed by atoms with Crippen LogP contribution >= 0.6 is 15.9 Å². The Hall–Kier alpha value is -2.52. The van der Waals surface area contributed by atoms with Gasteiger partial charge in [-0.05, 0) is 36.6 Å². The Bertz CT molecular complexity index is 787. The summed E-state index contributed by atoms with van der Waals surface area (Å²) in [6.07, 6.45) is 1.78. The molecule has 0 unspecified atom stereocenters. The lowest BCUT2D eigenvalue weighted by atomic mass is 10.1. The zero-order valence-corrected chi connectivity index (χ0v) is 16.2. The number of hydrogen-bond acceptors (Lipinski definition) is 4. The van der Waals surface area contributed by atoms with E-state index in [9.17, 15) is 4.79 Å². The third-order valence-corrected chi connectivity index (χ3v) is 4.55. The molecule has 1 N–H and O–H groups in total. The van der Waals surface area contributed by atoms with Gasteiger partial charge in [0.05, 0.1) is 25.3 Å². The van der Waals surface area contributed by atoms with E-state index in [4.69, 9.17) is 14.7 Å². The maximum atomic E-state index is 11.9. The predicted octanol–water partition coefficient (Wildman–Crippen LogP) is 3.85. The molecule has 0 fully saturated rings. The fourth-order valence-electron chi connectivity index (χ4n) is 2.40. The second kappa shape index (κ2) is 10.5. The molecule has 0 saturated heterocycles. The van der Waals surface area contributed by atoms with Crippen molar-refractivity contribution in [1.29, 1.82) is 5.26 Å². The van der Waals surface area contributed by atoms with Gasteiger partial charge in [0.25, 0.3) is 0 Å². The Kier molecular flexibility index (Phi) is 7.97. The molecule has 2 aromatic carbocycles. The molecule has 0 heterocycles. The zero-order valence-electron chi connectivity index (χ0n) is 14.6. The van der Waals surface area contributed by atoms with Gasteiger partial charge in [-0.15, -0.1) is 0 Å². The highest BCUT2D eigenvalue weighted by Crippen LogP contribution is 2.27. The van der Waals surface area contributed by atoms with Crippen LogP contribution in [0.25, 0.3) is 0 Å². The van der Waals surface area contributed by atoms with Crippen LogP contribution in [0.15, 0.2) is 46.9 Å². The number of hydrogen-bond donors (Lipinski definition) is 1. The van der Waals surface area contributed by atoms with Gasteiger partial charge in [-0.1, -0.05) is 34.1 Å². The molecule has 26 heavy (non-hydrogen) atoms. The second-order valence-corrected chi connectivity index (χ2v) is 6.48. The molecule has 0 saturated carbocycles. The Labute approximate surface area is 162 Å². The molecule has 0 aliphatic rings. The van der Waals surface area contributed by atoms with Crippen LogP contribution in [0.2, 0.25) is 0 Å². The molecular formula is C20H21BrN2O3. The maximum Gasteiger partial charge on any atom is 0.220 e. The number of ether oxygens (including phenoxy) is 2. The summed E-state index contributed by atoms with van der Waals surface area (Å²) in [5.74, 6) is 1.09. The van der Waals surface area contributed by atoms with Crippen molar-refractivity contribution in [2.45, 2.75) is 19.3 Å². The first kappa shape index (κ1) is 19.8. The number of nitrogens with one attached hydrogen (secondary N) is 1. The molecule has 2 aromatic rings. The van der Waals surface area contributed by atoms with Crippen LogP contribution in [0, 0.1) is 11.3 Å². The van der Waals surface area contributed by atoms with Crippen molar-refractivity contribution in [3.8, 4) is 17.6 Å². The topological polar surface area (TPSA) is 71.3 Å². The van der Waals surface area contributed by atoms with E-state index in [2.05, 4.69) is 27.3 Å². The Morgan fingerprint density at radius 2 is 2.04 bits per heavy atom. The Morgan fingerprint density at radius 1 is 1.23 bits per heavy atom. The van der Waals surface area contributed by atoms with Crippen molar-refractivity contribution in [1.82, 2.24) is 5.32 Å². The molecule has 0 aliphatic carbocycles. The first-order valence-corrected chi connectivity index (χ1v) is 9.14.